The predicted octanol–water partition coefficient (Wildman–Crippen LogP) is 9.57. The Hall–Kier alpha value is -2.88. The first-order valence-corrected chi connectivity index (χ1v) is 16.4. The summed E-state index contributed by atoms with van der Waals surface area (Å²) in [6.45, 7) is 10.6. The van der Waals surface area contributed by atoms with Gasteiger partial charge in [0.15, 0.2) is 0 Å². The average molecular weight is 551 g/mol. The molecule has 2 aromatic rings. The van der Waals surface area contributed by atoms with E-state index in [4.69, 9.17) is 19.3 Å². The summed E-state index contributed by atoms with van der Waals surface area (Å²) in [5.74, 6) is 8.75. The third kappa shape index (κ3) is 3.47. The molecule has 0 heteroatoms. The fourth-order valence-corrected chi connectivity index (χ4v) is 15.1. The number of hydrogen-bond donors (Lipinski definition) is 0. The molecule has 8 saturated carbocycles. The largest absolute Gasteiger partial charge is 0.115 e. The molecule has 0 N–H and O–H groups in total. The van der Waals surface area contributed by atoms with Crippen molar-refractivity contribution in [2.24, 2.45) is 32.5 Å². The van der Waals surface area contributed by atoms with E-state index in [0.717, 1.165) is 16.7 Å². The van der Waals surface area contributed by atoms with Crippen LogP contribution in [0.25, 0.3) is 0 Å². The van der Waals surface area contributed by atoms with Gasteiger partial charge in [-0.15, -0.1) is 19.3 Å². The lowest BCUT2D eigenvalue weighted by atomic mass is 9.24. The minimum atomic E-state index is 0.156. The van der Waals surface area contributed by atoms with Gasteiger partial charge in [-0.2, -0.15) is 0 Å². The molecular weight excluding hydrogens is 504 g/mol. The molecule has 0 radical (unpaired) electrons. The zero-order chi connectivity index (χ0) is 29.4. The van der Waals surface area contributed by atoms with Crippen molar-refractivity contribution >= 4 is 0 Å². The molecule has 8 aliphatic rings. The molecule has 10 rings (SSSR count). The second-order valence-corrected chi connectivity index (χ2v) is 18.3. The number of hydrogen-bond acceptors (Lipinski definition) is 0. The first-order valence-electron chi connectivity index (χ1n) is 16.4. The van der Waals surface area contributed by atoms with Crippen LogP contribution < -0.4 is 0 Å². The predicted molar refractivity (Wildman–Crippen MR) is 173 cm³/mol. The van der Waals surface area contributed by atoms with Crippen LogP contribution in [-0.2, 0) is 10.8 Å². The molecule has 0 saturated heterocycles. The molecule has 0 heterocycles. The monoisotopic (exact) mass is 550 g/mol. The molecule has 4 atom stereocenters. The van der Waals surface area contributed by atoms with Crippen molar-refractivity contribution in [1.29, 1.82) is 0 Å². The van der Waals surface area contributed by atoms with Gasteiger partial charge in [0.25, 0.3) is 0 Å². The summed E-state index contributed by atoms with van der Waals surface area (Å²) in [6.07, 6.45) is 34.0. The third-order valence-electron chi connectivity index (χ3n) is 13.8. The molecule has 0 aliphatic heterocycles. The Morgan fingerprint density at radius 2 is 0.810 bits per heavy atom. The first-order chi connectivity index (χ1) is 19.7. The van der Waals surface area contributed by atoms with Gasteiger partial charge in [0.05, 0.1) is 0 Å². The van der Waals surface area contributed by atoms with Crippen LogP contribution in [0.4, 0.5) is 0 Å². The maximum Gasteiger partial charge on any atom is 0.0257 e. The highest BCUT2D eigenvalue weighted by atomic mass is 14.8. The first kappa shape index (κ1) is 26.7. The summed E-state index contributed by atoms with van der Waals surface area (Å²) in [7, 11) is 0. The Morgan fingerprint density at radius 3 is 1.19 bits per heavy atom. The fraction of sp³-hybridized carbons (Fsp3) is 0.571. The van der Waals surface area contributed by atoms with Gasteiger partial charge in [0.1, 0.15) is 0 Å². The van der Waals surface area contributed by atoms with Crippen LogP contribution in [0.1, 0.15) is 133 Å². The van der Waals surface area contributed by atoms with Gasteiger partial charge in [0, 0.05) is 16.7 Å². The van der Waals surface area contributed by atoms with E-state index in [1.54, 1.807) is 5.56 Å². The number of rotatable bonds is 3. The summed E-state index contributed by atoms with van der Waals surface area (Å²) < 4.78 is 0. The van der Waals surface area contributed by atoms with Crippen molar-refractivity contribution in [3.8, 4) is 37.0 Å². The van der Waals surface area contributed by atoms with Crippen LogP contribution in [0, 0.1) is 69.5 Å². The maximum atomic E-state index is 6.00. The molecule has 8 bridgehead atoms. The van der Waals surface area contributed by atoms with Crippen LogP contribution in [0.2, 0.25) is 0 Å². The second-order valence-electron chi connectivity index (χ2n) is 18.3. The van der Waals surface area contributed by atoms with Gasteiger partial charge in [0.2, 0.25) is 0 Å². The Morgan fingerprint density at radius 1 is 0.429 bits per heavy atom. The van der Waals surface area contributed by atoms with E-state index in [-0.39, 0.29) is 10.8 Å². The Kier molecular flexibility index (Phi) is 4.96. The Labute approximate surface area is 254 Å². The lowest BCUT2D eigenvalue weighted by Crippen LogP contribution is -2.71. The molecule has 4 unspecified atom stereocenters. The minimum Gasteiger partial charge on any atom is -0.115 e. The quantitative estimate of drug-likeness (QED) is 0.334. The van der Waals surface area contributed by atoms with E-state index < -0.39 is 0 Å². The third-order valence-corrected chi connectivity index (χ3v) is 13.8. The van der Waals surface area contributed by atoms with Gasteiger partial charge < -0.3 is 0 Å². The highest BCUT2D eigenvalue weighted by Crippen LogP contribution is 2.85. The summed E-state index contributed by atoms with van der Waals surface area (Å²) >= 11 is 0. The summed E-state index contributed by atoms with van der Waals surface area (Å²) in [6, 6.07) is 15.9. The van der Waals surface area contributed by atoms with Gasteiger partial charge in [-0.3, -0.25) is 0 Å². The van der Waals surface area contributed by atoms with Crippen LogP contribution in [-0.4, -0.2) is 0 Å². The summed E-state index contributed by atoms with van der Waals surface area (Å²) in [5, 5.41) is 0. The van der Waals surface area contributed by atoms with Crippen molar-refractivity contribution in [3.63, 3.8) is 0 Å². The molecule has 0 nitrogen and oxygen atoms in total. The van der Waals surface area contributed by atoms with Gasteiger partial charge >= 0.3 is 0 Å². The molecule has 2 aromatic carbocycles. The van der Waals surface area contributed by atoms with Gasteiger partial charge in [-0.25, -0.2) is 0 Å². The van der Waals surface area contributed by atoms with Crippen LogP contribution in [0.15, 0.2) is 42.5 Å². The summed E-state index contributed by atoms with van der Waals surface area (Å²) in [5.41, 5.74) is 8.53. The van der Waals surface area contributed by atoms with E-state index in [9.17, 15) is 0 Å². The van der Waals surface area contributed by atoms with E-state index in [0.29, 0.717) is 32.5 Å². The maximum absolute atomic E-state index is 6.00. The molecule has 0 aromatic heterocycles. The molecule has 8 aliphatic carbocycles. The topological polar surface area (TPSA) is 0 Å². The highest BCUT2D eigenvalue weighted by molar-refractivity contribution is 5.49. The zero-order valence-corrected chi connectivity index (χ0v) is 26.3. The van der Waals surface area contributed by atoms with Crippen molar-refractivity contribution in [2.75, 3.05) is 0 Å². The molecular formula is C42H46. The highest BCUT2D eigenvalue weighted by Gasteiger charge is 2.76. The smallest absolute Gasteiger partial charge is 0.0257 e. The standard InChI is InChI=1S/C42H46/c1-8-30-11-13-33(14-12-30)39-20-35(4)18-36(5,21-39)25-41(24-35,28-39)42-26-37(6)19-38(7,27-42)23-40(22-37,29-42)34-16-31(9-2)15-32(10-3)17-34/h1-3,11-17H,18-29H2,4-7H3. The average Bonchev–Trinajstić information content (AvgIpc) is 2.89. The number of terminal acetylenes is 3. The Bertz CT molecular complexity index is 1570. The summed E-state index contributed by atoms with van der Waals surface area (Å²) in [4.78, 5) is 0. The van der Waals surface area contributed by atoms with Crippen molar-refractivity contribution < 1.29 is 0 Å². The van der Waals surface area contributed by atoms with Gasteiger partial charge in [-0.05, 0) is 162 Å². The molecule has 8 fully saturated rings. The van der Waals surface area contributed by atoms with Crippen LogP contribution in [0.3, 0.4) is 0 Å². The number of benzene rings is 2. The lowest BCUT2D eigenvalue weighted by molar-refractivity contribution is -0.275. The van der Waals surface area contributed by atoms with E-state index >= 15 is 0 Å². The van der Waals surface area contributed by atoms with Crippen molar-refractivity contribution in [2.45, 2.75) is 116 Å². The fourth-order valence-electron chi connectivity index (χ4n) is 15.1. The van der Waals surface area contributed by atoms with E-state index in [1.165, 1.54) is 82.6 Å². The van der Waals surface area contributed by atoms with Crippen LogP contribution >= 0.6 is 0 Å². The molecule has 0 amide bonds. The van der Waals surface area contributed by atoms with Crippen LogP contribution in [0.5, 0.6) is 0 Å². The van der Waals surface area contributed by atoms with Crippen molar-refractivity contribution in [1.82, 2.24) is 0 Å². The Balaban J connectivity index is 1.31. The molecule has 214 valence electrons. The minimum absolute atomic E-state index is 0.156. The van der Waals surface area contributed by atoms with E-state index in [1.807, 2.05) is 6.07 Å². The SMILES string of the molecule is C#Cc1ccc(C23CC4(C)CC(C)(C2)CC(C25CC6(C)CC(C)(CC(c7cc(C#C)cc(C#C)c7)(C6)C2)C5)(C4)C3)cc1. The van der Waals surface area contributed by atoms with Crippen molar-refractivity contribution in [3.05, 3.63) is 70.3 Å². The lowest BCUT2D eigenvalue weighted by Gasteiger charge is -2.80. The molecule has 42 heavy (non-hydrogen) atoms. The van der Waals surface area contributed by atoms with Gasteiger partial charge in [-0.1, -0.05) is 57.6 Å². The molecule has 0 spiro atoms. The second kappa shape index (κ2) is 7.79. The zero-order valence-electron chi connectivity index (χ0n) is 26.3. The van der Waals surface area contributed by atoms with E-state index in [2.05, 4.69) is 81.9 Å². The normalized spacial score (nSPS) is 47.5.